The lowest BCUT2D eigenvalue weighted by atomic mass is 9.98. The number of rotatable bonds is 7. The van der Waals surface area contributed by atoms with E-state index in [1.807, 2.05) is 39.0 Å². The van der Waals surface area contributed by atoms with Crippen LogP contribution in [0.25, 0.3) is 0 Å². The maximum Gasteiger partial charge on any atom is 0.416 e. The number of carbonyl (C=O) groups is 1. The number of aryl methyl sites for hydroxylation is 1. The monoisotopic (exact) mass is 409 g/mol. The highest BCUT2D eigenvalue weighted by Crippen LogP contribution is 2.35. The summed E-state index contributed by atoms with van der Waals surface area (Å²) in [7, 11) is 0. The Balaban J connectivity index is 2.05. The van der Waals surface area contributed by atoms with E-state index in [1.54, 1.807) is 0 Å². The van der Waals surface area contributed by atoms with Gasteiger partial charge in [-0.3, -0.25) is 14.9 Å². The Labute approximate surface area is 166 Å². The molecule has 2 N–H and O–H groups in total. The molecule has 156 valence electrons. The quantitative estimate of drug-likeness (QED) is 0.468. The number of alkyl halides is 3. The van der Waals surface area contributed by atoms with E-state index in [4.69, 9.17) is 0 Å². The van der Waals surface area contributed by atoms with E-state index in [1.165, 1.54) is 0 Å². The van der Waals surface area contributed by atoms with Gasteiger partial charge in [0.1, 0.15) is 5.69 Å². The van der Waals surface area contributed by atoms with Crippen molar-refractivity contribution < 1.29 is 22.9 Å². The average Bonchev–Trinajstić information content (AvgIpc) is 2.62. The van der Waals surface area contributed by atoms with Crippen LogP contribution in [0.5, 0.6) is 0 Å². The number of nitro benzene ring substituents is 1. The van der Waals surface area contributed by atoms with Gasteiger partial charge in [0.2, 0.25) is 5.91 Å². The van der Waals surface area contributed by atoms with Gasteiger partial charge in [-0.2, -0.15) is 13.2 Å². The highest BCUT2D eigenvalue weighted by molar-refractivity contribution is 5.92. The maximum atomic E-state index is 12.8. The van der Waals surface area contributed by atoms with Crippen molar-refractivity contribution in [2.45, 2.75) is 39.3 Å². The van der Waals surface area contributed by atoms with Gasteiger partial charge in [-0.15, -0.1) is 0 Å². The van der Waals surface area contributed by atoms with Crippen LogP contribution in [-0.4, -0.2) is 17.4 Å². The molecule has 0 spiro atoms. The highest BCUT2D eigenvalue weighted by Gasteiger charge is 2.33. The SMILES string of the molecule is Cc1cccc(C(C)C)c1NC(=O)CCNc1ccc(C(F)(F)F)cc1[N+](=O)[O-]. The second-order valence-corrected chi connectivity index (χ2v) is 6.91. The number of nitro groups is 1. The van der Waals surface area contributed by atoms with E-state index in [0.29, 0.717) is 6.07 Å². The maximum absolute atomic E-state index is 12.8. The smallest absolute Gasteiger partial charge is 0.379 e. The first kappa shape index (κ1) is 22.2. The van der Waals surface area contributed by atoms with Crippen molar-refractivity contribution in [1.29, 1.82) is 0 Å². The van der Waals surface area contributed by atoms with E-state index in [2.05, 4.69) is 10.6 Å². The minimum Gasteiger partial charge on any atom is -0.379 e. The first-order chi connectivity index (χ1) is 13.5. The van der Waals surface area contributed by atoms with Gasteiger partial charge in [0.05, 0.1) is 10.5 Å². The van der Waals surface area contributed by atoms with Crippen LogP contribution in [-0.2, 0) is 11.0 Å². The summed E-state index contributed by atoms with van der Waals surface area (Å²) in [4.78, 5) is 22.5. The normalized spacial score (nSPS) is 11.4. The molecular weight excluding hydrogens is 387 g/mol. The predicted octanol–water partition coefficient (Wildman–Crippen LogP) is 5.49. The fraction of sp³-hybridized carbons (Fsp3) is 0.350. The van der Waals surface area contributed by atoms with Gasteiger partial charge >= 0.3 is 6.18 Å². The molecule has 0 aliphatic carbocycles. The Hall–Kier alpha value is -3.10. The summed E-state index contributed by atoms with van der Waals surface area (Å²) in [6.45, 7) is 5.93. The van der Waals surface area contributed by atoms with Crippen molar-refractivity contribution in [2.24, 2.45) is 0 Å². The van der Waals surface area contributed by atoms with E-state index < -0.39 is 22.4 Å². The van der Waals surface area contributed by atoms with Gasteiger partial charge in [0, 0.05) is 24.7 Å². The summed E-state index contributed by atoms with van der Waals surface area (Å²) in [6.07, 6.45) is -4.69. The van der Waals surface area contributed by atoms with E-state index in [-0.39, 0.29) is 30.5 Å². The van der Waals surface area contributed by atoms with Gasteiger partial charge in [-0.1, -0.05) is 32.0 Å². The molecule has 2 aromatic rings. The van der Waals surface area contributed by atoms with Crippen molar-refractivity contribution in [1.82, 2.24) is 0 Å². The number of para-hydroxylation sites is 1. The van der Waals surface area contributed by atoms with Gasteiger partial charge in [0.25, 0.3) is 5.69 Å². The topological polar surface area (TPSA) is 84.3 Å². The number of carbonyl (C=O) groups excluding carboxylic acids is 1. The molecule has 2 aromatic carbocycles. The third kappa shape index (κ3) is 5.69. The predicted molar refractivity (Wildman–Crippen MR) is 105 cm³/mol. The van der Waals surface area contributed by atoms with Crippen LogP contribution in [0.1, 0.15) is 42.9 Å². The zero-order valence-electron chi connectivity index (χ0n) is 16.3. The summed E-state index contributed by atoms with van der Waals surface area (Å²) < 4.78 is 38.3. The van der Waals surface area contributed by atoms with E-state index in [0.717, 1.165) is 28.9 Å². The number of hydrogen-bond donors (Lipinski definition) is 2. The molecule has 0 aromatic heterocycles. The van der Waals surface area contributed by atoms with Crippen molar-refractivity contribution >= 4 is 23.0 Å². The molecule has 0 atom stereocenters. The molecule has 0 heterocycles. The lowest BCUT2D eigenvalue weighted by Gasteiger charge is -2.16. The number of anilines is 2. The number of amides is 1. The molecule has 0 saturated carbocycles. The Kier molecular flexibility index (Phi) is 6.84. The van der Waals surface area contributed by atoms with Crippen LogP contribution in [0.15, 0.2) is 36.4 Å². The van der Waals surface area contributed by atoms with E-state index in [9.17, 15) is 28.1 Å². The zero-order chi connectivity index (χ0) is 21.8. The lowest BCUT2D eigenvalue weighted by Crippen LogP contribution is -2.18. The molecule has 1 amide bonds. The molecule has 6 nitrogen and oxygen atoms in total. The summed E-state index contributed by atoms with van der Waals surface area (Å²) in [6, 6.07) is 7.95. The highest BCUT2D eigenvalue weighted by atomic mass is 19.4. The fourth-order valence-electron chi connectivity index (χ4n) is 2.86. The first-order valence-corrected chi connectivity index (χ1v) is 8.99. The molecule has 9 heteroatoms. The molecule has 0 radical (unpaired) electrons. The van der Waals surface area contributed by atoms with Crippen molar-refractivity contribution in [3.63, 3.8) is 0 Å². The fourth-order valence-corrected chi connectivity index (χ4v) is 2.86. The average molecular weight is 409 g/mol. The summed E-state index contributed by atoms with van der Waals surface area (Å²) >= 11 is 0. The third-order valence-corrected chi connectivity index (χ3v) is 4.38. The second-order valence-electron chi connectivity index (χ2n) is 6.91. The second kappa shape index (κ2) is 8.93. The molecule has 0 unspecified atom stereocenters. The molecule has 0 fully saturated rings. The minimum absolute atomic E-state index is 0.00987. The van der Waals surface area contributed by atoms with Crippen molar-refractivity contribution in [3.8, 4) is 0 Å². The minimum atomic E-state index is -4.68. The third-order valence-electron chi connectivity index (χ3n) is 4.38. The molecular formula is C20H22F3N3O3. The number of benzene rings is 2. The lowest BCUT2D eigenvalue weighted by molar-refractivity contribution is -0.384. The van der Waals surface area contributed by atoms with E-state index >= 15 is 0 Å². The molecule has 0 aliphatic rings. The largest absolute Gasteiger partial charge is 0.416 e. The van der Waals surface area contributed by atoms with Crippen LogP contribution >= 0.6 is 0 Å². The number of nitrogens with one attached hydrogen (secondary N) is 2. The molecule has 0 saturated heterocycles. The van der Waals surface area contributed by atoms with Crippen LogP contribution in [0.3, 0.4) is 0 Å². The number of hydrogen-bond acceptors (Lipinski definition) is 4. The van der Waals surface area contributed by atoms with Crippen LogP contribution in [0.2, 0.25) is 0 Å². The molecule has 0 aliphatic heterocycles. The molecule has 0 bridgehead atoms. The molecule has 29 heavy (non-hydrogen) atoms. The first-order valence-electron chi connectivity index (χ1n) is 8.99. The van der Waals surface area contributed by atoms with Crippen molar-refractivity contribution in [3.05, 3.63) is 63.2 Å². The summed E-state index contributed by atoms with van der Waals surface area (Å²) in [5, 5.41) is 16.6. The standard InChI is InChI=1S/C20H22F3N3O3/c1-12(2)15-6-4-5-13(3)19(15)25-18(27)9-10-24-16-8-7-14(20(21,22)23)11-17(16)26(28)29/h4-8,11-12,24H,9-10H2,1-3H3,(H,25,27). The zero-order valence-corrected chi connectivity index (χ0v) is 16.3. The van der Waals surface area contributed by atoms with Gasteiger partial charge in [-0.05, 0) is 36.1 Å². The van der Waals surface area contributed by atoms with Crippen LogP contribution < -0.4 is 10.6 Å². The summed E-state index contributed by atoms with van der Waals surface area (Å²) in [5.74, 6) is -0.0959. The molecule has 2 rings (SSSR count). The van der Waals surface area contributed by atoms with Crippen molar-refractivity contribution in [2.75, 3.05) is 17.2 Å². The Morgan fingerprint density at radius 2 is 1.90 bits per heavy atom. The number of halogens is 3. The Morgan fingerprint density at radius 1 is 1.21 bits per heavy atom. The summed E-state index contributed by atoms with van der Waals surface area (Å²) in [5.41, 5.74) is 0.762. The van der Waals surface area contributed by atoms with Gasteiger partial charge in [0.15, 0.2) is 0 Å². The Bertz CT molecular complexity index is 912. The van der Waals surface area contributed by atoms with Crippen LogP contribution in [0, 0.1) is 17.0 Å². The van der Waals surface area contributed by atoms with Gasteiger partial charge < -0.3 is 10.6 Å². The van der Waals surface area contributed by atoms with Crippen LogP contribution in [0.4, 0.5) is 30.2 Å². The van der Waals surface area contributed by atoms with Gasteiger partial charge in [-0.25, -0.2) is 0 Å². The Morgan fingerprint density at radius 3 is 2.48 bits per heavy atom. The number of nitrogens with zero attached hydrogens (tertiary/aromatic N) is 1.